The first-order valence-electron chi connectivity index (χ1n) is 6.88. The Morgan fingerprint density at radius 1 is 0.643 bits per heavy atom. The Morgan fingerprint density at radius 2 is 1.00 bits per heavy atom. The molecule has 14 heavy (non-hydrogen) atoms. The molecule has 0 saturated heterocycles. The van der Waals surface area contributed by atoms with Crippen molar-refractivity contribution < 1.29 is 0 Å². The molecule has 2 saturated carbocycles. The third kappa shape index (κ3) is 2.62. The van der Waals surface area contributed by atoms with E-state index in [1.165, 1.54) is 54.3 Å². The number of rotatable bonds is 2. The third-order valence-corrected chi connectivity index (χ3v) is 6.67. The zero-order valence-corrected chi connectivity index (χ0v) is 11.8. The lowest BCUT2D eigenvalue weighted by atomic mass is 9.77. The maximum Gasteiger partial charge on any atom is 0.00743 e. The molecule has 0 heterocycles. The van der Waals surface area contributed by atoms with Crippen molar-refractivity contribution in [3.05, 3.63) is 0 Å². The molecule has 2 fully saturated rings. The quantitative estimate of drug-likeness (QED) is 0.614. The molecule has 0 aromatic rings. The standard InChI is InChI=1S/C13H26Si/c14-13(11-7-3-1-4-8-11)12-9-5-2-6-10-12/h11-13H,1-10H2,14H3. The molecule has 2 aliphatic rings. The van der Waals surface area contributed by atoms with Gasteiger partial charge in [-0.1, -0.05) is 64.2 Å². The van der Waals surface area contributed by atoms with Crippen molar-refractivity contribution in [2.75, 3.05) is 0 Å². The van der Waals surface area contributed by atoms with Crippen LogP contribution in [0, 0.1) is 11.8 Å². The Kier molecular flexibility index (Phi) is 4.09. The Labute approximate surface area is 92.3 Å². The number of hydrogen-bond acceptors (Lipinski definition) is 0. The summed E-state index contributed by atoms with van der Waals surface area (Å²) in [5.41, 5.74) is 1.18. The maximum atomic E-state index is 1.57. The Hall–Kier alpha value is 0.217. The van der Waals surface area contributed by atoms with E-state index in [9.17, 15) is 0 Å². The highest BCUT2D eigenvalue weighted by molar-refractivity contribution is 6.12. The fraction of sp³-hybridized carbons (Fsp3) is 1.00. The molecule has 0 bridgehead atoms. The van der Waals surface area contributed by atoms with Crippen LogP contribution in [0.5, 0.6) is 0 Å². The van der Waals surface area contributed by atoms with E-state index in [1.807, 2.05) is 0 Å². The highest BCUT2D eigenvalue weighted by Crippen LogP contribution is 2.41. The molecule has 2 rings (SSSR count). The van der Waals surface area contributed by atoms with Crippen molar-refractivity contribution >= 4 is 10.2 Å². The van der Waals surface area contributed by atoms with E-state index in [0.29, 0.717) is 0 Å². The number of hydrogen-bond donors (Lipinski definition) is 0. The minimum atomic E-state index is 1.15. The second-order valence-corrected chi connectivity index (χ2v) is 6.99. The van der Waals surface area contributed by atoms with E-state index in [4.69, 9.17) is 0 Å². The molecule has 0 amide bonds. The lowest BCUT2D eigenvalue weighted by Crippen LogP contribution is -2.22. The summed E-state index contributed by atoms with van der Waals surface area (Å²) in [6, 6.07) is 0. The van der Waals surface area contributed by atoms with Crippen molar-refractivity contribution in [3.63, 3.8) is 0 Å². The summed E-state index contributed by atoms with van der Waals surface area (Å²) in [4.78, 5) is 0. The zero-order valence-electron chi connectivity index (χ0n) is 9.80. The van der Waals surface area contributed by atoms with Gasteiger partial charge < -0.3 is 0 Å². The first-order valence-corrected chi connectivity index (χ1v) is 8.03. The van der Waals surface area contributed by atoms with Crippen LogP contribution in [0.1, 0.15) is 64.2 Å². The van der Waals surface area contributed by atoms with Gasteiger partial charge in [0.25, 0.3) is 0 Å². The van der Waals surface area contributed by atoms with Crippen LogP contribution in [0.2, 0.25) is 5.54 Å². The summed E-state index contributed by atoms with van der Waals surface area (Å²) in [7, 11) is 1.47. The Morgan fingerprint density at radius 3 is 1.36 bits per heavy atom. The SMILES string of the molecule is [SiH3]C(C1CCCCC1)C1CCCCC1. The molecule has 2 aliphatic carbocycles. The van der Waals surface area contributed by atoms with Gasteiger partial charge in [0.05, 0.1) is 0 Å². The molecule has 0 aliphatic heterocycles. The van der Waals surface area contributed by atoms with E-state index >= 15 is 0 Å². The van der Waals surface area contributed by atoms with Gasteiger partial charge in [-0.15, -0.1) is 0 Å². The van der Waals surface area contributed by atoms with Crippen LogP contribution in [0.15, 0.2) is 0 Å². The molecular formula is C13H26Si. The van der Waals surface area contributed by atoms with Gasteiger partial charge in [-0.25, -0.2) is 0 Å². The van der Waals surface area contributed by atoms with Gasteiger partial charge in [0, 0.05) is 10.2 Å². The first-order chi connectivity index (χ1) is 6.88. The van der Waals surface area contributed by atoms with Crippen LogP contribution in [0.3, 0.4) is 0 Å². The molecule has 0 aromatic heterocycles. The predicted octanol–water partition coefficient (Wildman–Crippen LogP) is 3.30. The van der Waals surface area contributed by atoms with Gasteiger partial charge in [0.1, 0.15) is 0 Å². The highest BCUT2D eigenvalue weighted by Gasteiger charge is 2.27. The van der Waals surface area contributed by atoms with E-state index in [1.54, 1.807) is 25.7 Å². The smallest absolute Gasteiger partial charge is 0.00743 e. The lowest BCUT2D eigenvalue weighted by molar-refractivity contribution is 0.246. The third-order valence-electron chi connectivity index (χ3n) is 4.79. The summed E-state index contributed by atoms with van der Waals surface area (Å²) >= 11 is 0. The summed E-state index contributed by atoms with van der Waals surface area (Å²) in [5.74, 6) is 2.30. The normalized spacial score (nSPS) is 27.2. The zero-order chi connectivity index (χ0) is 9.80. The van der Waals surface area contributed by atoms with Crippen LogP contribution in [-0.4, -0.2) is 10.2 Å². The van der Waals surface area contributed by atoms with Crippen molar-refractivity contribution in [2.45, 2.75) is 69.7 Å². The summed E-state index contributed by atoms with van der Waals surface area (Å²) in [6.45, 7) is 0. The molecular weight excluding hydrogens is 184 g/mol. The Bertz CT molecular complexity index is 137. The van der Waals surface area contributed by atoms with Gasteiger partial charge in [-0.05, 0) is 17.4 Å². The molecule has 82 valence electrons. The molecule has 1 heteroatoms. The minimum absolute atomic E-state index is 1.15. The van der Waals surface area contributed by atoms with Gasteiger partial charge in [-0.3, -0.25) is 0 Å². The molecule has 0 N–H and O–H groups in total. The van der Waals surface area contributed by atoms with Gasteiger partial charge in [-0.2, -0.15) is 0 Å². The molecule has 0 spiro atoms. The van der Waals surface area contributed by atoms with Crippen molar-refractivity contribution in [3.8, 4) is 0 Å². The van der Waals surface area contributed by atoms with Crippen molar-refractivity contribution in [2.24, 2.45) is 11.8 Å². The van der Waals surface area contributed by atoms with Gasteiger partial charge >= 0.3 is 0 Å². The van der Waals surface area contributed by atoms with Crippen molar-refractivity contribution in [1.29, 1.82) is 0 Å². The largest absolute Gasteiger partial charge is 0.0533 e. The molecule has 0 unspecified atom stereocenters. The van der Waals surface area contributed by atoms with Crippen LogP contribution in [0.25, 0.3) is 0 Å². The highest BCUT2D eigenvalue weighted by atomic mass is 28.1. The van der Waals surface area contributed by atoms with E-state index < -0.39 is 0 Å². The van der Waals surface area contributed by atoms with Crippen molar-refractivity contribution in [1.82, 2.24) is 0 Å². The fourth-order valence-electron chi connectivity index (χ4n) is 3.70. The Balaban J connectivity index is 1.82. The molecule has 0 radical (unpaired) electrons. The maximum absolute atomic E-state index is 1.57. The van der Waals surface area contributed by atoms with E-state index in [-0.39, 0.29) is 0 Å². The average molecular weight is 210 g/mol. The summed E-state index contributed by atoms with van der Waals surface area (Å²) in [5, 5.41) is 0. The topological polar surface area (TPSA) is 0 Å². The second-order valence-electron chi connectivity index (χ2n) is 5.66. The summed E-state index contributed by atoms with van der Waals surface area (Å²) < 4.78 is 0. The van der Waals surface area contributed by atoms with Gasteiger partial charge in [0.2, 0.25) is 0 Å². The second kappa shape index (κ2) is 5.34. The molecule has 0 nitrogen and oxygen atoms in total. The van der Waals surface area contributed by atoms with Crippen LogP contribution in [-0.2, 0) is 0 Å². The lowest BCUT2D eigenvalue weighted by Gasteiger charge is -2.35. The first kappa shape index (κ1) is 10.7. The monoisotopic (exact) mass is 210 g/mol. The van der Waals surface area contributed by atoms with Crippen LogP contribution in [0.4, 0.5) is 0 Å². The molecule has 0 aromatic carbocycles. The van der Waals surface area contributed by atoms with Crippen LogP contribution < -0.4 is 0 Å². The summed E-state index contributed by atoms with van der Waals surface area (Å²) in [6.07, 6.45) is 15.5. The fourth-order valence-corrected chi connectivity index (χ4v) is 5.04. The van der Waals surface area contributed by atoms with E-state index in [0.717, 1.165) is 11.8 Å². The molecule has 0 atom stereocenters. The van der Waals surface area contributed by atoms with E-state index in [2.05, 4.69) is 0 Å². The van der Waals surface area contributed by atoms with Gasteiger partial charge in [0.15, 0.2) is 0 Å². The average Bonchev–Trinajstić information content (AvgIpc) is 2.30. The van der Waals surface area contributed by atoms with Crippen LogP contribution >= 0.6 is 0 Å². The minimum Gasteiger partial charge on any atom is -0.0533 e. The predicted molar refractivity (Wildman–Crippen MR) is 66.8 cm³/mol.